The molecule has 0 bridgehead atoms. The van der Waals surface area contributed by atoms with Gasteiger partial charge in [0.25, 0.3) is 0 Å². The SMILES string of the molecule is CCOc1cccc(CNC(=O)C2(N)CC2)c1OC(F)F.Cl. The van der Waals surface area contributed by atoms with E-state index in [1.807, 2.05) is 0 Å². The third-order valence-electron chi connectivity index (χ3n) is 3.25. The number of amides is 1. The van der Waals surface area contributed by atoms with Crippen LogP contribution in [0.4, 0.5) is 8.78 Å². The molecule has 8 heteroatoms. The Balaban J connectivity index is 0.00000242. The first-order chi connectivity index (χ1) is 9.96. The van der Waals surface area contributed by atoms with Crippen LogP contribution in [0.3, 0.4) is 0 Å². The van der Waals surface area contributed by atoms with E-state index in [9.17, 15) is 13.6 Å². The number of rotatable bonds is 7. The molecule has 0 radical (unpaired) electrons. The number of hydrogen-bond acceptors (Lipinski definition) is 4. The summed E-state index contributed by atoms with van der Waals surface area (Å²) in [7, 11) is 0. The Morgan fingerprint density at radius 1 is 1.45 bits per heavy atom. The van der Waals surface area contributed by atoms with Crippen LogP contribution < -0.4 is 20.5 Å². The van der Waals surface area contributed by atoms with Crippen molar-refractivity contribution in [2.45, 2.75) is 38.5 Å². The first-order valence-corrected chi connectivity index (χ1v) is 6.73. The molecule has 1 aliphatic rings. The number of nitrogens with two attached hydrogens (primary N) is 1. The van der Waals surface area contributed by atoms with Crippen LogP contribution in [0.2, 0.25) is 0 Å². The van der Waals surface area contributed by atoms with Crippen molar-refractivity contribution in [3.05, 3.63) is 23.8 Å². The second-order valence-electron chi connectivity index (χ2n) is 4.89. The minimum Gasteiger partial charge on any atom is -0.490 e. The van der Waals surface area contributed by atoms with E-state index < -0.39 is 12.2 Å². The van der Waals surface area contributed by atoms with Crippen molar-refractivity contribution in [3.63, 3.8) is 0 Å². The van der Waals surface area contributed by atoms with Gasteiger partial charge in [-0.2, -0.15) is 8.78 Å². The van der Waals surface area contributed by atoms with Gasteiger partial charge < -0.3 is 20.5 Å². The van der Waals surface area contributed by atoms with E-state index in [0.717, 1.165) is 0 Å². The van der Waals surface area contributed by atoms with Crippen molar-refractivity contribution in [3.8, 4) is 11.5 Å². The van der Waals surface area contributed by atoms with Gasteiger partial charge in [0.05, 0.1) is 12.1 Å². The number of para-hydroxylation sites is 1. The molecule has 0 aliphatic heterocycles. The van der Waals surface area contributed by atoms with E-state index in [1.54, 1.807) is 19.1 Å². The molecule has 0 aromatic heterocycles. The van der Waals surface area contributed by atoms with Crippen LogP contribution in [-0.2, 0) is 11.3 Å². The van der Waals surface area contributed by atoms with Crippen molar-refractivity contribution in [1.29, 1.82) is 0 Å². The largest absolute Gasteiger partial charge is 0.490 e. The highest BCUT2D eigenvalue weighted by Crippen LogP contribution is 2.34. The third-order valence-corrected chi connectivity index (χ3v) is 3.25. The summed E-state index contributed by atoms with van der Waals surface area (Å²) in [5.74, 6) is -0.123. The van der Waals surface area contributed by atoms with Crippen LogP contribution in [0.1, 0.15) is 25.3 Å². The number of benzene rings is 1. The van der Waals surface area contributed by atoms with Gasteiger partial charge in [0, 0.05) is 12.1 Å². The first kappa shape index (κ1) is 18.4. The predicted molar refractivity (Wildman–Crippen MR) is 79.5 cm³/mol. The van der Waals surface area contributed by atoms with Crippen molar-refractivity contribution in [2.75, 3.05) is 6.61 Å². The lowest BCUT2D eigenvalue weighted by Gasteiger charge is -2.16. The van der Waals surface area contributed by atoms with Gasteiger partial charge in [-0.25, -0.2) is 0 Å². The zero-order chi connectivity index (χ0) is 15.5. The maximum absolute atomic E-state index is 12.5. The minimum absolute atomic E-state index is 0. The van der Waals surface area contributed by atoms with Gasteiger partial charge in [-0.3, -0.25) is 4.79 Å². The molecule has 1 saturated carbocycles. The molecule has 124 valence electrons. The normalized spacial score (nSPS) is 15.0. The predicted octanol–water partition coefficient (Wildman–Crippen LogP) is 2.22. The highest BCUT2D eigenvalue weighted by atomic mass is 35.5. The molecule has 1 amide bonds. The average molecular weight is 337 g/mol. The van der Waals surface area contributed by atoms with Crippen LogP contribution in [0.25, 0.3) is 0 Å². The fourth-order valence-electron chi connectivity index (χ4n) is 1.91. The standard InChI is InChI=1S/C14H18F2N2O3.ClH/c1-2-20-10-5-3-4-9(11(10)21-13(15)16)8-18-12(19)14(17)6-7-14;/h3-5,13H,2,6-8,17H2,1H3,(H,18,19);1H. The van der Waals surface area contributed by atoms with Crippen LogP contribution in [-0.4, -0.2) is 24.7 Å². The summed E-state index contributed by atoms with van der Waals surface area (Å²) in [6, 6.07) is 4.79. The first-order valence-electron chi connectivity index (χ1n) is 6.73. The van der Waals surface area contributed by atoms with Gasteiger partial charge in [0.1, 0.15) is 0 Å². The quantitative estimate of drug-likeness (QED) is 0.800. The monoisotopic (exact) mass is 336 g/mol. The van der Waals surface area contributed by atoms with Crippen molar-refractivity contribution < 1.29 is 23.0 Å². The summed E-state index contributed by atoms with van der Waals surface area (Å²) in [6.45, 7) is -0.848. The molecule has 0 saturated heterocycles. The number of alkyl halides is 2. The molecule has 0 atom stereocenters. The van der Waals surface area contributed by atoms with Gasteiger partial charge >= 0.3 is 6.61 Å². The van der Waals surface area contributed by atoms with E-state index >= 15 is 0 Å². The molecule has 5 nitrogen and oxygen atoms in total. The van der Waals surface area contributed by atoms with E-state index in [2.05, 4.69) is 10.1 Å². The summed E-state index contributed by atoms with van der Waals surface area (Å²) < 4.78 is 34.9. The Bertz CT molecular complexity index is 525. The number of carbonyl (C=O) groups is 1. The maximum atomic E-state index is 12.5. The Kier molecular flexibility index (Phi) is 6.37. The van der Waals surface area contributed by atoms with Gasteiger partial charge in [-0.1, -0.05) is 12.1 Å². The third kappa shape index (κ3) is 4.45. The van der Waals surface area contributed by atoms with Gasteiger partial charge in [0.2, 0.25) is 5.91 Å². The molecule has 22 heavy (non-hydrogen) atoms. The van der Waals surface area contributed by atoms with E-state index in [1.165, 1.54) is 6.07 Å². The molecule has 1 aliphatic carbocycles. The Morgan fingerprint density at radius 3 is 2.68 bits per heavy atom. The van der Waals surface area contributed by atoms with Crippen LogP contribution in [0.15, 0.2) is 18.2 Å². The molecule has 1 aromatic rings. The zero-order valence-electron chi connectivity index (χ0n) is 12.1. The lowest BCUT2D eigenvalue weighted by atomic mass is 10.1. The van der Waals surface area contributed by atoms with Crippen LogP contribution in [0.5, 0.6) is 11.5 Å². The Labute approximate surface area is 133 Å². The highest BCUT2D eigenvalue weighted by molar-refractivity contribution is 5.89. The molecule has 2 rings (SSSR count). The van der Waals surface area contributed by atoms with Crippen molar-refractivity contribution in [2.24, 2.45) is 5.73 Å². The molecule has 0 heterocycles. The summed E-state index contributed by atoms with van der Waals surface area (Å²) in [5.41, 5.74) is 5.37. The number of halogens is 3. The molecule has 3 N–H and O–H groups in total. The van der Waals surface area contributed by atoms with Crippen LogP contribution in [0, 0.1) is 0 Å². The fourth-order valence-corrected chi connectivity index (χ4v) is 1.91. The molecule has 0 spiro atoms. The van der Waals surface area contributed by atoms with Crippen molar-refractivity contribution >= 4 is 18.3 Å². The summed E-state index contributed by atoms with van der Waals surface area (Å²) in [5, 5.41) is 2.64. The number of hydrogen-bond donors (Lipinski definition) is 2. The van der Waals surface area contributed by atoms with Gasteiger partial charge in [-0.15, -0.1) is 12.4 Å². The van der Waals surface area contributed by atoms with Crippen molar-refractivity contribution in [1.82, 2.24) is 5.32 Å². The number of ether oxygens (including phenoxy) is 2. The van der Waals surface area contributed by atoms with E-state index in [4.69, 9.17) is 10.5 Å². The maximum Gasteiger partial charge on any atom is 0.387 e. The minimum atomic E-state index is -2.97. The van der Waals surface area contributed by atoms with Gasteiger partial charge in [-0.05, 0) is 25.8 Å². The Hall–Kier alpha value is -1.60. The molecule has 0 unspecified atom stereocenters. The molecular weight excluding hydrogens is 318 g/mol. The second kappa shape index (κ2) is 7.60. The average Bonchev–Trinajstić information content (AvgIpc) is 3.18. The highest BCUT2D eigenvalue weighted by Gasteiger charge is 2.45. The summed E-state index contributed by atoms with van der Waals surface area (Å²) in [4.78, 5) is 11.8. The number of carbonyl (C=O) groups excluding carboxylic acids is 1. The topological polar surface area (TPSA) is 73.6 Å². The van der Waals surface area contributed by atoms with Gasteiger partial charge in [0.15, 0.2) is 11.5 Å². The second-order valence-corrected chi connectivity index (χ2v) is 4.89. The fraction of sp³-hybridized carbons (Fsp3) is 0.500. The smallest absolute Gasteiger partial charge is 0.387 e. The Morgan fingerprint density at radius 2 is 2.14 bits per heavy atom. The molecular formula is C14H19ClF2N2O3. The molecule has 1 fully saturated rings. The lowest BCUT2D eigenvalue weighted by molar-refractivity contribution is -0.123. The zero-order valence-corrected chi connectivity index (χ0v) is 12.9. The summed E-state index contributed by atoms with van der Waals surface area (Å²) >= 11 is 0. The number of nitrogens with one attached hydrogen (secondary N) is 1. The van der Waals surface area contributed by atoms with E-state index in [0.29, 0.717) is 25.0 Å². The van der Waals surface area contributed by atoms with Crippen LogP contribution >= 0.6 is 12.4 Å². The summed E-state index contributed by atoms with van der Waals surface area (Å²) in [6.07, 6.45) is 1.27. The molecule has 1 aromatic carbocycles. The lowest BCUT2D eigenvalue weighted by Crippen LogP contribution is -2.42. The van der Waals surface area contributed by atoms with E-state index in [-0.39, 0.29) is 36.4 Å².